The number of phenolic OH excluding ortho intramolecular Hbond substituents is 1. The molecule has 1 aromatic heterocycles. The van der Waals surface area contributed by atoms with E-state index in [4.69, 9.17) is 22.4 Å². The minimum Gasteiger partial charge on any atom is -0.505 e. The summed E-state index contributed by atoms with van der Waals surface area (Å²) in [5, 5.41) is 33.9. The van der Waals surface area contributed by atoms with Crippen LogP contribution in [0, 0.1) is 0 Å². The van der Waals surface area contributed by atoms with Crippen LogP contribution in [0.5, 0.6) is 17.5 Å². The molecule has 6 rings (SSSR count). The highest BCUT2D eigenvalue weighted by atomic mass is 32.2. The number of ether oxygens (including phenoxy) is 1. The molecule has 0 atom stereocenters. The number of carbonyl (C=O) groups is 2. The molecule has 0 aliphatic rings. The van der Waals surface area contributed by atoms with Gasteiger partial charge in [0.25, 0.3) is 5.91 Å². The molecule has 1 heterocycles. The second kappa shape index (κ2) is 19.6. The van der Waals surface area contributed by atoms with Crippen molar-refractivity contribution in [1.29, 1.82) is 0 Å². The number of aromatic nitrogens is 3. The van der Waals surface area contributed by atoms with E-state index in [-0.39, 0.29) is 41.3 Å². The highest BCUT2D eigenvalue weighted by Gasteiger charge is 2.30. The lowest BCUT2D eigenvalue weighted by atomic mass is 10.1. The Hall–Kier alpha value is -7.32. The number of carboxylic acid groups (broad SMARTS) is 1. The van der Waals surface area contributed by atoms with Gasteiger partial charge in [-0.1, -0.05) is 6.07 Å². The lowest BCUT2D eigenvalue weighted by molar-refractivity contribution is 0.0696. The van der Waals surface area contributed by atoms with Crippen LogP contribution in [0.25, 0.3) is 10.8 Å². The van der Waals surface area contributed by atoms with E-state index < -0.39 is 84.9 Å². The number of carboxylic acids is 1. The van der Waals surface area contributed by atoms with Gasteiger partial charge in [-0.15, -0.1) is 10.2 Å². The minimum absolute atomic E-state index is 0.0538. The van der Waals surface area contributed by atoms with Crippen molar-refractivity contribution in [2.45, 2.75) is 21.2 Å². The quantitative estimate of drug-likeness (QED) is 0.0477. The van der Waals surface area contributed by atoms with Gasteiger partial charge in [0.05, 0.1) is 16.6 Å². The molecule has 0 saturated heterocycles. The fourth-order valence-corrected chi connectivity index (χ4v) is 8.31. The lowest BCUT2D eigenvalue weighted by Crippen LogP contribution is -2.21. The smallest absolute Gasteiger partial charge is 0.335 e. The highest BCUT2D eigenvalue weighted by Crippen LogP contribution is 2.47. The number of carbonyl (C=O) groups excluding carboxylic acids is 1. The van der Waals surface area contributed by atoms with Crippen LogP contribution in [0.1, 0.15) is 26.3 Å². The maximum atomic E-state index is 13.4. The summed E-state index contributed by atoms with van der Waals surface area (Å²) in [5.74, 6) is 12.2. The van der Waals surface area contributed by atoms with Crippen LogP contribution in [0.4, 0.5) is 34.6 Å². The van der Waals surface area contributed by atoms with E-state index in [1.54, 1.807) is 45.2 Å². The van der Waals surface area contributed by atoms with E-state index in [1.165, 1.54) is 53.4 Å². The zero-order valence-electron chi connectivity index (χ0n) is 35.2. The Morgan fingerprint density at radius 2 is 1.25 bits per heavy atom. The molecule has 6 aromatic rings. The van der Waals surface area contributed by atoms with Crippen LogP contribution < -0.4 is 33.1 Å². The number of amides is 1. The molecule has 0 spiro atoms. The van der Waals surface area contributed by atoms with Crippen LogP contribution in [0.15, 0.2) is 110 Å². The molecule has 1 amide bonds. The van der Waals surface area contributed by atoms with Crippen LogP contribution in [-0.4, -0.2) is 100 Å². The molecule has 0 radical (unpaired) electrons. The fraction of sp³-hybridized carbons (Fsp3) is 0.132. The predicted octanol–water partition coefficient (Wildman–Crippen LogP) is 3.62. The van der Waals surface area contributed by atoms with E-state index in [9.17, 15) is 45.1 Å². The van der Waals surface area contributed by atoms with Crippen molar-refractivity contribution in [2.24, 2.45) is 27.9 Å². The summed E-state index contributed by atoms with van der Waals surface area (Å²) in [7, 11) is -8.14. The van der Waals surface area contributed by atoms with Gasteiger partial charge in [-0.2, -0.15) is 70.7 Å². The number of hydrogen-bond donors (Lipinski definition) is 7. The Morgan fingerprint density at radius 1 is 0.687 bits per heavy atom. The first-order chi connectivity index (χ1) is 31.6. The molecule has 67 heavy (non-hydrogen) atoms. The number of fused-ring (bicyclic) bond motifs is 1. The lowest BCUT2D eigenvalue weighted by Gasteiger charge is -2.17. The van der Waals surface area contributed by atoms with Gasteiger partial charge in [0.2, 0.25) is 11.9 Å². The highest BCUT2D eigenvalue weighted by molar-refractivity contribution is 7.87. The number of azo groups is 1. The number of anilines is 4. The first-order valence-corrected chi connectivity index (χ1v) is 22.8. The molecular weight excluding hydrogens is 945 g/mol. The molecule has 5 aromatic carbocycles. The van der Waals surface area contributed by atoms with E-state index in [0.29, 0.717) is 22.9 Å². The zero-order valence-corrected chi connectivity index (χ0v) is 37.6. The molecular formula is C38H38N12O14S3. The third kappa shape index (κ3) is 11.0. The van der Waals surface area contributed by atoms with Crippen molar-refractivity contribution >= 4 is 87.6 Å². The number of nitrogens with zero attached hydrogens (tertiary/aromatic N) is 7. The predicted molar refractivity (Wildman–Crippen MR) is 235 cm³/mol. The fourth-order valence-electron chi connectivity index (χ4n) is 6.11. The molecule has 352 valence electrons. The summed E-state index contributed by atoms with van der Waals surface area (Å²) in [6.07, 6.45) is 0. The SMILES string of the molecule is CN(C)Cc1ccc(S(=O)(=O)ON)c(N=Nc2c(S(=O)(=O)ON)cc3c(S(=O)(=O)ON)ccc(Nc4nc(Nc5ccc(C(=O)N(C)C)cc5)nc(Oc5ccc(C(=O)O)cc5)n4)c3c2O)c1. The van der Waals surface area contributed by atoms with Crippen molar-refractivity contribution in [3.63, 3.8) is 0 Å². The van der Waals surface area contributed by atoms with Gasteiger partial charge in [0, 0.05) is 37.3 Å². The molecule has 0 aliphatic carbocycles. The second-order valence-corrected chi connectivity index (χ2v) is 18.8. The summed E-state index contributed by atoms with van der Waals surface area (Å²) in [4.78, 5) is 37.5. The Labute approximate surface area is 380 Å². The van der Waals surface area contributed by atoms with E-state index in [1.807, 2.05) is 0 Å². The molecule has 0 bridgehead atoms. The summed E-state index contributed by atoms with van der Waals surface area (Å²) in [5.41, 5.74) is -0.491. The Bertz CT molecular complexity index is 3270. The number of nitrogens with two attached hydrogens (primary N) is 3. The molecule has 29 heteroatoms. The summed E-state index contributed by atoms with van der Waals surface area (Å²) in [6.45, 7) is 0.256. The first kappa shape index (κ1) is 49.1. The topological polar surface area (TPSA) is 386 Å². The van der Waals surface area contributed by atoms with Gasteiger partial charge in [-0.3, -0.25) is 4.79 Å². The Balaban J connectivity index is 1.57. The normalized spacial score (nSPS) is 12.1. The standard InChI is InChI=1S/C38H38N12O14S3/c1-49(2)19-20-5-15-29(66(57,58)63-40)27(17-20)47-48-32-30(67(59,60)64-41)18-25-28(65(55,56)62-39)16-14-26(31(25)33(32)51)43-37-44-36(42-23-10-6-21(7-11-23)34(52)50(3)4)45-38(46-37)61-24-12-8-22(9-13-24)35(53)54/h5-18,51H,19,39-41H2,1-4H3,(H,53,54)(H2,42,43,44,45,46). The molecule has 10 N–H and O–H groups in total. The first-order valence-electron chi connectivity index (χ1n) is 18.6. The Morgan fingerprint density at radius 3 is 1.84 bits per heavy atom. The van der Waals surface area contributed by atoms with Gasteiger partial charge < -0.3 is 35.4 Å². The number of phenols is 1. The maximum absolute atomic E-state index is 13.4. The van der Waals surface area contributed by atoms with Gasteiger partial charge in [0.1, 0.15) is 31.8 Å². The third-order valence-corrected chi connectivity index (χ3v) is 12.5. The molecule has 0 fully saturated rings. The largest absolute Gasteiger partial charge is 0.505 e. The van der Waals surface area contributed by atoms with E-state index >= 15 is 0 Å². The summed E-state index contributed by atoms with van der Waals surface area (Å²) < 4.78 is 97.3. The molecule has 0 aliphatic heterocycles. The van der Waals surface area contributed by atoms with E-state index in [2.05, 4.69) is 48.7 Å². The molecule has 26 nitrogen and oxygen atoms in total. The van der Waals surface area contributed by atoms with Gasteiger partial charge in [-0.25, -0.2) is 4.79 Å². The number of benzene rings is 5. The van der Waals surface area contributed by atoms with Crippen LogP contribution in [-0.2, 0) is 49.8 Å². The van der Waals surface area contributed by atoms with Gasteiger partial charge >= 0.3 is 42.3 Å². The van der Waals surface area contributed by atoms with Crippen LogP contribution in [0.3, 0.4) is 0 Å². The molecule has 0 unspecified atom stereocenters. The number of aromatic hydroxyl groups is 1. The monoisotopic (exact) mass is 982 g/mol. The second-order valence-electron chi connectivity index (χ2n) is 14.2. The van der Waals surface area contributed by atoms with Gasteiger partial charge in [0.15, 0.2) is 5.75 Å². The van der Waals surface area contributed by atoms with Gasteiger partial charge in [-0.05, 0) is 98.5 Å². The average molecular weight is 983 g/mol. The minimum atomic E-state index is -5.15. The van der Waals surface area contributed by atoms with Crippen LogP contribution in [0.2, 0.25) is 0 Å². The van der Waals surface area contributed by atoms with Crippen molar-refractivity contribution in [3.8, 4) is 17.5 Å². The Kier molecular flexibility index (Phi) is 14.4. The van der Waals surface area contributed by atoms with Crippen molar-refractivity contribution in [3.05, 3.63) is 102 Å². The average Bonchev–Trinajstić information content (AvgIpc) is 3.28. The number of aromatic carboxylic acids is 1. The van der Waals surface area contributed by atoms with Crippen molar-refractivity contribution < 1.29 is 62.6 Å². The zero-order chi connectivity index (χ0) is 49.0. The number of hydrogen-bond acceptors (Lipinski definition) is 24. The summed E-state index contributed by atoms with van der Waals surface area (Å²) >= 11 is 0. The summed E-state index contributed by atoms with van der Waals surface area (Å²) in [6, 6.07) is 17.4. The van der Waals surface area contributed by atoms with E-state index in [0.717, 1.165) is 18.2 Å². The van der Waals surface area contributed by atoms with Crippen molar-refractivity contribution in [1.82, 2.24) is 24.8 Å². The molecule has 0 saturated carbocycles. The third-order valence-electron chi connectivity index (χ3n) is 9.11. The number of rotatable bonds is 18. The van der Waals surface area contributed by atoms with Crippen LogP contribution >= 0.6 is 0 Å². The maximum Gasteiger partial charge on any atom is 0.335 e. The van der Waals surface area contributed by atoms with Crippen molar-refractivity contribution in [2.75, 3.05) is 38.8 Å². The number of nitrogens with one attached hydrogen (secondary N) is 2.